The Bertz CT molecular complexity index is 1100. The van der Waals surface area contributed by atoms with Gasteiger partial charge in [-0.1, -0.05) is 36.4 Å². The number of likely N-dealkylation sites (tertiary alicyclic amines) is 1. The molecule has 1 N–H and O–H groups in total. The zero-order chi connectivity index (χ0) is 22.3. The van der Waals surface area contributed by atoms with Crippen molar-refractivity contribution in [1.82, 2.24) is 19.8 Å². The molecule has 164 valence electrons. The predicted octanol–water partition coefficient (Wildman–Crippen LogP) is 3.78. The lowest BCUT2D eigenvalue weighted by atomic mass is 10.1. The van der Waals surface area contributed by atoms with Gasteiger partial charge >= 0.3 is 0 Å². The summed E-state index contributed by atoms with van der Waals surface area (Å²) in [6.07, 6.45) is 6.59. The van der Waals surface area contributed by atoms with Crippen molar-refractivity contribution in [2.45, 2.75) is 51.9 Å². The lowest BCUT2D eigenvalue weighted by Crippen LogP contribution is -2.45. The number of benzene rings is 2. The largest absolute Gasteiger partial charge is 0.337 e. The van der Waals surface area contributed by atoms with E-state index in [1.165, 1.54) is 11.1 Å². The molecule has 1 aliphatic rings. The van der Waals surface area contributed by atoms with Crippen LogP contribution in [0.1, 0.15) is 47.2 Å². The minimum absolute atomic E-state index is 0.181. The standard InChI is InChI=1S/C26H29N5O/c1-20-6-2-3-7-23(20)18-30-13-5-4-8-25(26(30)32)29-16-24-15-28-19-31(24)17-22-11-9-21(14-27)10-12-22/h2-3,6-7,9-12,15,19,25,29H,4-5,8,13,16-18H2,1H3/t25-/m0/s1. The highest BCUT2D eigenvalue weighted by molar-refractivity contribution is 5.82. The average molecular weight is 428 g/mol. The van der Waals surface area contributed by atoms with Crippen molar-refractivity contribution in [3.63, 3.8) is 0 Å². The number of aromatic nitrogens is 2. The van der Waals surface area contributed by atoms with E-state index in [4.69, 9.17) is 5.26 Å². The van der Waals surface area contributed by atoms with E-state index < -0.39 is 0 Å². The molecule has 1 saturated heterocycles. The average Bonchev–Trinajstić information content (AvgIpc) is 3.18. The van der Waals surface area contributed by atoms with Crippen LogP contribution in [0.5, 0.6) is 0 Å². The SMILES string of the molecule is Cc1ccccc1CN1CCCC[C@H](NCc2cncn2Cc2ccc(C#N)cc2)C1=O. The van der Waals surface area contributed by atoms with Gasteiger partial charge in [-0.3, -0.25) is 4.79 Å². The molecule has 2 heterocycles. The van der Waals surface area contributed by atoms with Crippen LogP contribution in [0.2, 0.25) is 0 Å². The van der Waals surface area contributed by atoms with Crippen LogP contribution in [0.4, 0.5) is 0 Å². The molecular formula is C26H29N5O. The summed E-state index contributed by atoms with van der Waals surface area (Å²) in [5, 5.41) is 12.5. The number of carbonyl (C=O) groups is 1. The van der Waals surface area contributed by atoms with E-state index in [0.717, 1.165) is 37.1 Å². The first kappa shape index (κ1) is 21.8. The van der Waals surface area contributed by atoms with Crippen LogP contribution >= 0.6 is 0 Å². The van der Waals surface area contributed by atoms with Crippen molar-refractivity contribution in [2.75, 3.05) is 6.54 Å². The van der Waals surface area contributed by atoms with Gasteiger partial charge in [0.1, 0.15) is 0 Å². The van der Waals surface area contributed by atoms with Gasteiger partial charge in [0.05, 0.1) is 29.7 Å². The number of hydrogen-bond acceptors (Lipinski definition) is 4. The lowest BCUT2D eigenvalue weighted by molar-refractivity contribution is -0.133. The molecule has 3 aromatic rings. The molecule has 0 aliphatic carbocycles. The van der Waals surface area contributed by atoms with E-state index in [2.05, 4.69) is 40.0 Å². The van der Waals surface area contributed by atoms with Crippen LogP contribution in [0, 0.1) is 18.3 Å². The molecule has 32 heavy (non-hydrogen) atoms. The normalized spacial score (nSPS) is 16.6. The number of rotatable bonds is 7. The van der Waals surface area contributed by atoms with Crippen molar-refractivity contribution < 1.29 is 4.79 Å². The second kappa shape index (κ2) is 10.3. The molecule has 1 aromatic heterocycles. The summed E-state index contributed by atoms with van der Waals surface area (Å²) < 4.78 is 2.08. The zero-order valence-corrected chi connectivity index (χ0v) is 18.5. The van der Waals surface area contributed by atoms with Gasteiger partial charge in [-0.25, -0.2) is 4.98 Å². The van der Waals surface area contributed by atoms with Crippen LogP contribution in [0.15, 0.2) is 61.1 Å². The maximum atomic E-state index is 13.3. The summed E-state index contributed by atoms with van der Waals surface area (Å²) in [5.41, 5.74) is 5.24. The number of carbonyl (C=O) groups excluding carboxylic acids is 1. The molecule has 1 amide bonds. The third kappa shape index (κ3) is 5.24. The van der Waals surface area contributed by atoms with Crippen molar-refractivity contribution >= 4 is 5.91 Å². The number of hydrogen-bond donors (Lipinski definition) is 1. The molecule has 0 saturated carbocycles. The summed E-state index contributed by atoms with van der Waals surface area (Å²) in [4.78, 5) is 19.6. The second-order valence-corrected chi connectivity index (χ2v) is 8.44. The van der Waals surface area contributed by atoms with Gasteiger partial charge in [-0.15, -0.1) is 0 Å². The fourth-order valence-corrected chi connectivity index (χ4v) is 4.19. The van der Waals surface area contributed by atoms with Crippen LogP contribution in [0.3, 0.4) is 0 Å². The van der Waals surface area contributed by atoms with Gasteiger partial charge in [0.15, 0.2) is 0 Å². The first-order chi connectivity index (χ1) is 15.6. The number of imidazole rings is 1. The topological polar surface area (TPSA) is 74.0 Å². The van der Waals surface area contributed by atoms with E-state index in [9.17, 15) is 4.79 Å². The molecule has 0 spiro atoms. The summed E-state index contributed by atoms with van der Waals surface area (Å²) in [6.45, 7) is 4.84. The third-order valence-corrected chi connectivity index (χ3v) is 6.17. The number of nitrogens with one attached hydrogen (secondary N) is 1. The third-order valence-electron chi connectivity index (χ3n) is 6.17. The first-order valence-electron chi connectivity index (χ1n) is 11.2. The fourth-order valence-electron chi connectivity index (χ4n) is 4.19. The zero-order valence-electron chi connectivity index (χ0n) is 18.5. The van der Waals surface area contributed by atoms with Crippen molar-refractivity contribution in [1.29, 1.82) is 5.26 Å². The van der Waals surface area contributed by atoms with Gasteiger partial charge < -0.3 is 14.8 Å². The summed E-state index contributed by atoms with van der Waals surface area (Å²) in [7, 11) is 0. The smallest absolute Gasteiger partial charge is 0.240 e. The molecule has 1 fully saturated rings. The van der Waals surface area contributed by atoms with E-state index >= 15 is 0 Å². The Morgan fingerprint density at radius 1 is 1.12 bits per heavy atom. The molecule has 4 rings (SSSR count). The Hall–Kier alpha value is -3.43. The number of nitrogens with zero attached hydrogens (tertiary/aromatic N) is 4. The molecule has 1 aliphatic heterocycles. The fraction of sp³-hybridized carbons (Fsp3) is 0.346. The minimum atomic E-state index is -0.181. The maximum absolute atomic E-state index is 13.3. The van der Waals surface area contributed by atoms with Crippen molar-refractivity contribution in [3.05, 3.63) is 89.0 Å². The van der Waals surface area contributed by atoms with Gasteiger partial charge in [-0.2, -0.15) is 5.26 Å². The highest BCUT2D eigenvalue weighted by atomic mass is 16.2. The Morgan fingerprint density at radius 3 is 2.72 bits per heavy atom. The molecule has 6 heteroatoms. The van der Waals surface area contributed by atoms with Crippen LogP contribution < -0.4 is 5.32 Å². The van der Waals surface area contributed by atoms with E-state index in [1.807, 2.05) is 53.8 Å². The van der Waals surface area contributed by atoms with Gasteiger partial charge in [0.25, 0.3) is 0 Å². The highest BCUT2D eigenvalue weighted by Gasteiger charge is 2.27. The van der Waals surface area contributed by atoms with Crippen LogP contribution in [-0.4, -0.2) is 32.9 Å². The quantitative estimate of drug-likeness (QED) is 0.623. The Kier molecular flexibility index (Phi) is 6.98. The maximum Gasteiger partial charge on any atom is 0.240 e. The molecule has 2 aromatic carbocycles. The highest BCUT2D eigenvalue weighted by Crippen LogP contribution is 2.18. The van der Waals surface area contributed by atoms with E-state index in [-0.39, 0.29) is 11.9 Å². The number of amides is 1. The molecule has 0 radical (unpaired) electrons. The molecule has 0 bridgehead atoms. The molecule has 6 nitrogen and oxygen atoms in total. The van der Waals surface area contributed by atoms with Crippen molar-refractivity contribution in [2.24, 2.45) is 0 Å². The summed E-state index contributed by atoms with van der Waals surface area (Å²) >= 11 is 0. The van der Waals surface area contributed by atoms with Gasteiger partial charge in [0, 0.05) is 32.4 Å². The number of nitriles is 1. The monoisotopic (exact) mass is 427 g/mol. The number of aryl methyl sites for hydroxylation is 1. The predicted molar refractivity (Wildman–Crippen MR) is 124 cm³/mol. The minimum Gasteiger partial charge on any atom is -0.337 e. The van der Waals surface area contributed by atoms with Crippen LogP contribution in [0.25, 0.3) is 0 Å². The molecular weight excluding hydrogens is 398 g/mol. The second-order valence-electron chi connectivity index (χ2n) is 8.44. The van der Waals surface area contributed by atoms with E-state index in [1.54, 1.807) is 0 Å². The first-order valence-corrected chi connectivity index (χ1v) is 11.2. The Morgan fingerprint density at radius 2 is 1.94 bits per heavy atom. The van der Waals surface area contributed by atoms with Crippen LogP contribution in [-0.2, 0) is 24.4 Å². The van der Waals surface area contributed by atoms with E-state index in [0.29, 0.717) is 25.2 Å². The Balaban J connectivity index is 1.39. The molecule has 0 unspecified atom stereocenters. The van der Waals surface area contributed by atoms with Gasteiger partial charge in [-0.05, 0) is 55.0 Å². The summed E-state index contributed by atoms with van der Waals surface area (Å²) in [6, 6.07) is 17.8. The van der Waals surface area contributed by atoms with Gasteiger partial charge in [0.2, 0.25) is 5.91 Å². The summed E-state index contributed by atoms with van der Waals surface area (Å²) in [5.74, 6) is 0.184. The van der Waals surface area contributed by atoms with Crippen molar-refractivity contribution in [3.8, 4) is 6.07 Å². The lowest BCUT2D eigenvalue weighted by Gasteiger charge is -2.26. The molecule has 1 atom stereocenters. The Labute approximate surface area is 189 Å².